The molecule has 138 valence electrons. The summed E-state index contributed by atoms with van der Waals surface area (Å²) in [5.41, 5.74) is 1.22. The number of benzene rings is 1. The van der Waals surface area contributed by atoms with Crippen LogP contribution in [-0.2, 0) is 29.0 Å². The summed E-state index contributed by atoms with van der Waals surface area (Å²) >= 11 is 0. The van der Waals surface area contributed by atoms with E-state index in [1.165, 1.54) is 10.4 Å². The van der Waals surface area contributed by atoms with Crippen molar-refractivity contribution >= 4 is 21.6 Å². The van der Waals surface area contributed by atoms with Gasteiger partial charge >= 0.3 is 0 Å². The van der Waals surface area contributed by atoms with Gasteiger partial charge in [0.1, 0.15) is 0 Å². The topological polar surface area (TPSA) is 94.2 Å². The van der Waals surface area contributed by atoms with E-state index in [4.69, 9.17) is 14.2 Å². The number of nitrogens with one attached hydrogen (secondary N) is 1. The van der Waals surface area contributed by atoms with Crippen LogP contribution in [0.1, 0.15) is 5.56 Å². The Morgan fingerprint density at radius 3 is 2.60 bits per heavy atom. The van der Waals surface area contributed by atoms with Gasteiger partial charge in [-0.1, -0.05) is 6.07 Å². The molecule has 0 radical (unpaired) electrons. The highest BCUT2D eigenvalue weighted by atomic mass is 32.2. The molecule has 2 fully saturated rings. The summed E-state index contributed by atoms with van der Waals surface area (Å²) in [5.74, 6) is -0.344. The molecule has 2 saturated heterocycles. The van der Waals surface area contributed by atoms with E-state index in [0.717, 1.165) is 5.56 Å². The lowest BCUT2D eigenvalue weighted by Gasteiger charge is -2.26. The van der Waals surface area contributed by atoms with Gasteiger partial charge in [0.15, 0.2) is 6.10 Å². The predicted molar refractivity (Wildman–Crippen MR) is 89.9 cm³/mol. The molecule has 8 nitrogen and oxygen atoms in total. The lowest BCUT2D eigenvalue weighted by Crippen LogP contribution is -2.40. The number of amides is 1. The highest BCUT2D eigenvalue weighted by Gasteiger charge is 2.28. The maximum atomic E-state index is 12.8. The molecule has 0 bridgehead atoms. The minimum atomic E-state index is -3.62. The fourth-order valence-electron chi connectivity index (χ4n) is 2.68. The molecule has 1 amide bonds. The Kier molecular flexibility index (Phi) is 5.70. The van der Waals surface area contributed by atoms with Crippen LogP contribution in [0.25, 0.3) is 0 Å². The van der Waals surface area contributed by atoms with Crippen LogP contribution in [0.2, 0.25) is 0 Å². The lowest BCUT2D eigenvalue weighted by atomic mass is 10.2. The Balaban J connectivity index is 1.79. The Hall–Kier alpha value is -1.52. The number of morpholine rings is 1. The number of sulfonamides is 1. The van der Waals surface area contributed by atoms with Crippen molar-refractivity contribution in [2.45, 2.75) is 17.9 Å². The number of carbonyl (C=O) groups excluding carboxylic acids is 1. The smallest absolute Gasteiger partial charge is 0.255 e. The van der Waals surface area contributed by atoms with Gasteiger partial charge in [0, 0.05) is 18.8 Å². The number of carbonyl (C=O) groups is 1. The number of anilines is 1. The number of ether oxygens (including phenoxy) is 3. The van der Waals surface area contributed by atoms with Gasteiger partial charge < -0.3 is 19.5 Å². The zero-order chi connectivity index (χ0) is 17.9. The largest absolute Gasteiger partial charge is 0.379 e. The summed E-state index contributed by atoms with van der Waals surface area (Å²) in [6.07, 6.45) is -0.687. The number of aryl methyl sites for hydroxylation is 1. The van der Waals surface area contributed by atoms with Crippen molar-refractivity contribution in [3.05, 3.63) is 23.8 Å². The quantitative estimate of drug-likeness (QED) is 0.823. The molecule has 1 aromatic carbocycles. The van der Waals surface area contributed by atoms with Gasteiger partial charge in [-0.2, -0.15) is 4.31 Å². The fourth-order valence-corrected chi connectivity index (χ4v) is 4.12. The molecule has 3 rings (SSSR count). The minimum absolute atomic E-state index is 0.149. The molecule has 1 unspecified atom stereocenters. The molecule has 1 atom stereocenters. The molecule has 0 aromatic heterocycles. The summed E-state index contributed by atoms with van der Waals surface area (Å²) in [5, 5.41) is 2.74. The van der Waals surface area contributed by atoms with Crippen LogP contribution in [0.4, 0.5) is 5.69 Å². The van der Waals surface area contributed by atoms with Gasteiger partial charge in [-0.3, -0.25) is 4.79 Å². The molecule has 1 N–H and O–H groups in total. The third-order valence-corrected chi connectivity index (χ3v) is 6.08. The molecule has 9 heteroatoms. The first-order valence-corrected chi connectivity index (χ1v) is 9.61. The number of nitrogens with zero attached hydrogens (tertiary/aromatic N) is 1. The van der Waals surface area contributed by atoms with Crippen molar-refractivity contribution in [2.75, 3.05) is 51.4 Å². The lowest BCUT2D eigenvalue weighted by molar-refractivity contribution is -0.142. The van der Waals surface area contributed by atoms with Crippen LogP contribution in [0.15, 0.2) is 23.1 Å². The van der Waals surface area contributed by atoms with E-state index in [0.29, 0.717) is 45.2 Å². The van der Waals surface area contributed by atoms with Crippen LogP contribution >= 0.6 is 0 Å². The summed E-state index contributed by atoms with van der Waals surface area (Å²) in [7, 11) is -3.62. The summed E-state index contributed by atoms with van der Waals surface area (Å²) in [6.45, 7) is 4.24. The van der Waals surface area contributed by atoms with E-state index < -0.39 is 16.1 Å². The van der Waals surface area contributed by atoms with Gasteiger partial charge in [-0.15, -0.1) is 0 Å². The van der Waals surface area contributed by atoms with E-state index in [-0.39, 0.29) is 17.4 Å². The van der Waals surface area contributed by atoms with E-state index in [2.05, 4.69) is 5.32 Å². The van der Waals surface area contributed by atoms with E-state index >= 15 is 0 Å². The third-order valence-electron chi connectivity index (χ3n) is 4.18. The average Bonchev–Trinajstić information content (AvgIpc) is 2.64. The normalized spacial score (nSPS) is 22.5. The van der Waals surface area contributed by atoms with E-state index in [9.17, 15) is 13.2 Å². The van der Waals surface area contributed by atoms with Crippen LogP contribution in [0, 0.1) is 6.92 Å². The standard InChI is InChI=1S/C16H22N2O6S/c1-12-2-3-13(25(20,21)18-4-6-22-7-5-18)10-14(12)17-16(19)15-11-23-8-9-24-15/h2-3,10,15H,4-9,11H2,1H3,(H,17,19). The number of rotatable bonds is 4. The van der Waals surface area contributed by atoms with E-state index in [1.807, 2.05) is 0 Å². The van der Waals surface area contributed by atoms with Crippen molar-refractivity contribution in [3.63, 3.8) is 0 Å². The molecule has 0 aliphatic carbocycles. The second kappa shape index (κ2) is 7.79. The van der Waals surface area contributed by atoms with Crippen LogP contribution < -0.4 is 5.32 Å². The Morgan fingerprint density at radius 1 is 1.16 bits per heavy atom. The van der Waals surface area contributed by atoms with Crippen molar-refractivity contribution in [2.24, 2.45) is 0 Å². The Morgan fingerprint density at radius 2 is 1.92 bits per heavy atom. The highest BCUT2D eigenvalue weighted by molar-refractivity contribution is 7.89. The second-order valence-electron chi connectivity index (χ2n) is 5.92. The SMILES string of the molecule is Cc1ccc(S(=O)(=O)N2CCOCC2)cc1NC(=O)C1COCCO1. The van der Waals surface area contributed by atoms with E-state index in [1.54, 1.807) is 19.1 Å². The maximum absolute atomic E-state index is 12.8. The first-order chi connectivity index (χ1) is 12.0. The van der Waals surface area contributed by atoms with Gasteiger partial charge in [0.2, 0.25) is 10.0 Å². The van der Waals surface area contributed by atoms with Gasteiger partial charge in [-0.25, -0.2) is 8.42 Å². The molecule has 2 heterocycles. The summed E-state index contributed by atoms with van der Waals surface area (Å²) < 4.78 is 42.7. The van der Waals surface area contributed by atoms with Gasteiger partial charge in [-0.05, 0) is 24.6 Å². The number of hydrogen-bond donors (Lipinski definition) is 1. The molecule has 25 heavy (non-hydrogen) atoms. The second-order valence-corrected chi connectivity index (χ2v) is 7.85. The Bertz CT molecular complexity index is 724. The van der Waals surface area contributed by atoms with Crippen LogP contribution in [0.3, 0.4) is 0 Å². The molecule has 2 aliphatic heterocycles. The maximum Gasteiger partial charge on any atom is 0.255 e. The summed E-state index contributed by atoms with van der Waals surface area (Å²) in [4.78, 5) is 12.4. The van der Waals surface area contributed by atoms with Crippen molar-refractivity contribution < 1.29 is 27.4 Å². The fraction of sp³-hybridized carbons (Fsp3) is 0.562. The van der Waals surface area contributed by atoms with Crippen LogP contribution in [-0.4, -0.2) is 70.9 Å². The molecule has 0 saturated carbocycles. The molecule has 1 aromatic rings. The Labute approximate surface area is 147 Å². The minimum Gasteiger partial charge on any atom is -0.379 e. The third kappa shape index (κ3) is 4.18. The summed E-state index contributed by atoms with van der Waals surface area (Å²) in [6, 6.07) is 4.72. The zero-order valence-corrected chi connectivity index (χ0v) is 14.9. The van der Waals surface area contributed by atoms with Gasteiger partial charge in [0.25, 0.3) is 5.91 Å². The molecule has 0 spiro atoms. The number of hydrogen-bond acceptors (Lipinski definition) is 6. The van der Waals surface area contributed by atoms with Crippen molar-refractivity contribution in [1.82, 2.24) is 4.31 Å². The predicted octanol–water partition coefficient (Wildman–Crippen LogP) is 0.370. The molecular weight excluding hydrogens is 348 g/mol. The average molecular weight is 370 g/mol. The monoisotopic (exact) mass is 370 g/mol. The van der Waals surface area contributed by atoms with Crippen molar-refractivity contribution in [1.29, 1.82) is 0 Å². The first-order valence-electron chi connectivity index (χ1n) is 8.17. The highest BCUT2D eigenvalue weighted by Crippen LogP contribution is 2.24. The zero-order valence-electron chi connectivity index (χ0n) is 14.1. The van der Waals surface area contributed by atoms with Crippen molar-refractivity contribution in [3.8, 4) is 0 Å². The van der Waals surface area contributed by atoms with Gasteiger partial charge in [0.05, 0.1) is 37.9 Å². The molecule has 2 aliphatic rings. The van der Waals surface area contributed by atoms with Crippen LogP contribution in [0.5, 0.6) is 0 Å². The molecular formula is C16H22N2O6S. The first kappa shape index (κ1) is 18.3.